The van der Waals surface area contributed by atoms with Crippen molar-refractivity contribution in [2.45, 2.75) is 38.5 Å². The lowest BCUT2D eigenvalue weighted by Gasteiger charge is -2.16. The number of nitrogens with one attached hydrogen (secondary N) is 1. The van der Waals surface area contributed by atoms with Gasteiger partial charge in [-0.15, -0.1) is 0 Å². The van der Waals surface area contributed by atoms with Crippen molar-refractivity contribution in [3.05, 3.63) is 33.9 Å². The van der Waals surface area contributed by atoms with E-state index in [9.17, 15) is 19.7 Å². The van der Waals surface area contributed by atoms with Gasteiger partial charge in [0.25, 0.3) is 0 Å². The molecular formula is C16H22N2O8. The molecule has 0 heterocycles. The van der Waals surface area contributed by atoms with Gasteiger partial charge >= 0.3 is 18.3 Å². The number of unbranched alkanes of at least 4 members (excludes halogenated alkanes) is 1. The normalized spacial score (nSPS) is 12.6. The van der Waals surface area contributed by atoms with Crippen LogP contribution in [0.1, 0.15) is 38.0 Å². The maximum absolute atomic E-state index is 11.9. The number of nitro groups is 1. The Morgan fingerprint density at radius 1 is 1.27 bits per heavy atom. The highest BCUT2D eigenvalue weighted by Gasteiger charge is 2.30. The second-order valence-corrected chi connectivity index (χ2v) is 5.33. The number of aliphatic carboxylic acids is 1. The number of carboxylic acids is 1. The molecule has 2 unspecified atom stereocenters. The van der Waals surface area contributed by atoms with Crippen molar-refractivity contribution in [2.24, 2.45) is 0 Å². The number of rotatable bonds is 10. The molecule has 0 fully saturated rings. The molecule has 0 aliphatic carbocycles. The number of carboxylic acid groups (broad SMARTS) is 1. The Labute approximate surface area is 150 Å². The molecule has 144 valence electrons. The van der Waals surface area contributed by atoms with Gasteiger partial charge in [0.2, 0.25) is 0 Å². The van der Waals surface area contributed by atoms with E-state index in [-0.39, 0.29) is 17.7 Å². The Balaban J connectivity index is 2.92. The van der Waals surface area contributed by atoms with E-state index >= 15 is 0 Å². The number of hydrogen-bond donors (Lipinski definition) is 2. The van der Waals surface area contributed by atoms with Crippen LogP contribution in [0.25, 0.3) is 0 Å². The quantitative estimate of drug-likeness (QED) is 0.364. The predicted molar refractivity (Wildman–Crippen MR) is 89.8 cm³/mol. The molecule has 1 amide bonds. The Bertz CT molecular complexity index is 649. The highest BCUT2D eigenvalue weighted by molar-refractivity contribution is 5.79. The number of ether oxygens (including phenoxy) is 3. The van der Waals surface area contributed by atoms with Crippen molar-refractivity contribution in [1.29, 1.82) is 0 Å². The van der Waals surface area contributed by atoms with Gasteiger partial charge in [-0.1, -0.05) is 19.8 Å². The van der Waals surface area contributed by atoms with Gasteiger partial charge in [0.15, 0.2) is 11.5 Å². The average molecular weight is 370 g/mol. The van der Waals surface area contributed by atoms with E-state index in [0.717, 1.165) is 6.42 Å². The lowest BCUT2D eigenvalue weighted by molar-refractivity contribution is -0.575. The maximum Gasteiger partial charge on any atom is 0.413 e. The number of carbonyl (C=O) groups is 2. The van der Waals surface area contributed by atoms with Crippen LogP contribution in [-0.2, 0) is 9.53 Å². The summed E-state index contributed by atoms with van der Waals surface area (Å²) in [7, 11) is 2.77. The first-order chi connectivity index (χ1) is 12.3. The van der Waals surface area contributed by atoms with Crippen LogP contribution >= 0.6 is 0 Å². The minimum absolute atomic E-state index is 0.0447. The summed E-state index contributed by atoms with van der Waals surface area (Å²) < 4.78 is 14.9. The van der Waals surface area contributed by atoms with E-state index in [1.54, 1.807) is 0 Å². The van der Waals surface area contributed by atoms with Crippen molar-refractivity contribution < 1.29 is 33.8 Å². The summed E-state index contributed by atoms with van der Waals surface area (Å²) >= 11 is 0. The second kappa shape index (κ2) is 10.1. The summed E-state index contributed by atoms with van der Waals surface area (Å²) in [6.07, 6.45) is -1.50. The molecule has 1 aromatic rings. The average Bonchev–Trinajstić information content (AvgIpc) is 2.62. The molecule has 0 spiro atoms. The van der Waals surface area contributed by atoms with Crippen LogP contribution in [0.3, 0.4) is 0 Å². The van der Waals surface area contributed by atoms with Gasteiger partial charge in [0.05, 0.1) is 24.7 Å². The highest BCUT2D eigenvalue weighted by atomic mass is 16.7. The number of carbonyl (C=O) groups excluding carboxylic acids is 1. The van der Waals surface area contributed by atoms with Crippen LogP contribution < -0.4 is 14.8 Å². The molecule has 0 saturated heterocycles. The topological polar surface area (TPSA) is 137 Å². The van der Waals surface area contributed by atoms with Gasteiger partial charge in [-0.05, 0) is 24.6 Å². The van der Waals surface area contributed by atoms with Gasteiger partial charge < -0.3 is 24.6 Å². The first-order valence-corrected chi connectivity index (χ1v) is 7.89. The van der Waals surface area contributed by atoms with Crippen LogP contribution in [0.5, 0.6) is 11.5 Å². The molecule has 0 aliphatic rings. The van der Waals surface area contributed by atoms with Crippen LogP contribution in [-0.4, -0.2) is 42.4 Å². The lowest BCUT2D eigenvalue weighted by atomic mass is 10.1. The number of methoxy groups -OCH3 is 2. The second-order valence-electron chi connectivity index (χ2n) is 5.33. The van der Waals surface area contributed by atoms with Crippen molar-refractivity contribution in [3.63, 3.8) is 0 Å². The zero-order valence-electron chi connectivity index (χ0n) is 14.8. The molecular weight excluding hydrogens is 348 g/mol. The van der Waals surface area contributed by atoms with Crippen LogP contribution in [0, 0.1) is 10.1 Å². The largest absolute Gasteiger partial charge is 0.493 e. The molecule has 1 rings (SSSR count). The molecule has 26 heavy (non-hydrogen) atoms. The molecule has 0 saturated carbocycles. The van der Waals surface area contributed by atoms with Crippen molar-refractivity contribution in [3.8, 4) is 11.5 Å². The third-order valence-corrected chi connectivity index (χ3v) is 3.54. The van der Waals surface area contributed by atoms with E-state index in [0.29, 0.717) is 12.2 Å². The Morgan fingerprint density at radius 2 is 1.92 bits per heavy atom. The monoisotopic (exact) mass is 370 g/mol. The SMILES string of the molecule is CCCCC(NC(=O)OC(c1ccc(OC)c(OC)c1)[N+](=O)[O-])C(=O)O. The number of nitrogens with zero attached hydrogens (tertiary/aromatic N) is 1. The van der Waals surface area contributed by atoms with E-state index in [1.165, 1.54) is 32.4 Å². The summed E-state index contributed by atoms with van der Waals surface area (Å²) in [5.74, 6) is -0.653. The molecule has 10 heteroatoms. The first kappa shape index (κ1) is 21.0. The Hall–Kier alpha value is -3.04. The highest BCUT2D eigenvalue weighted by Crippen LogP contribution is 2.31. The molecule has 2 N–H and O–H groups in total. The number of hydrogen-bond acceptors (Lipinski definition) is 7. The van der Waals surface area contributed by atoms with Crippen LogP contribution in [0.2, 0.25) is 0 Å². The van der Waals surface area contributed by atoms with Gasteiger partial charge in [0.1, 0.15) is 6.04 Å². The minimum atomic E-state index is -1.82. The van der Waals surface area contributed by atoms with E-state index in [4.69, 9.17) is 19.3 Å². The van der Waals surface area contributed by atoms with Crippen molar-refractivity contribution in [2.75, 3.05) is 14.2 Å². The minimum Gasteiger partial charge on any atom is -0.493 e. The van der Waals surface area contributed by atoms with E-state index < -0.39 is 29.3 Å². The third kappa shape index (κ3) is 5.80. The Kier molecular flexibility index (Phi) is 8.13. The number of amides is 1. The molecule has 0 radical (unpaired) electrons. The van der Waals surface area contributed by atoms with E-state index in [2.05, 4.69) is 5.32 Å². The molecule has 1 aromatic carbocycles. The standard InChI is InChI=1S/C16H22N2O8/c1-4-5-6-11(15(19)20)17-16(21)26-14(18(22)23)10-7-8-12(24-2)13(9-10)25-3/h7-9,11,14H,4-6H2,1-3H3,(H,17,21)(H,19,20). The molecule has 10 nitrogen and oxygen atoms in total. The zero-order valence-corrected chi connectivity index (χ0v) is 14.8. The summed E-state index contributed by atoms with van der Waals surface area (Å²) in [6.45, 7) is 1.87. The van der Waals surface area contributed by atoms with E-state index in [1.807, 2.05) is 6.92 Å². The number of benzene rings is 1. The molecule has 2 atom stereocenters. The van der Waals surface area contributed by atoms with Crippen LogP contribution in [0.4, 0.5) is 4.79 Å². The smallest absolute Gasteiger partial charge is 0.413 e. The van der Waals surface area contributed by atoms with Crippen molar-refractivity contribution >= 4 is 12.1 Å². The van der Waals surface area contributed by atoms with Gasteiger partial charge in [-0.25, -0.2) is 9.59 Å². The van der Waals surface area contributed by atoms with Crippen molar-refractivity contribution in [1.82, 2.24) is 5.32 Å². The molecule has 0 aromatic heterocycles. The summed E-state index contributed by atoms with van der Waals surface area (Å²) in [5.41, 5.74) is 0.0447. The summed E-state index contributed by atoms with van der Waals surface area (Å²) in [4.78, 5) is 33.6. The maximum atomic E-state index is 11.9. The third-order valence-electron chi connectivity index (χ3n) is 3.54. The summed E-state index contributed by atoms with van der Waals surface area (Å²) in [6, 6.07) is 2.92. The fraction of sp³-hybridized carbons (Fsp3) is 0.500. The van der Waals surface area contributed by atoms with Crippen LogP contribution in [0.15, 0.2) is 18.2 Å². The predicted octanol–water partition coefficient (Wildman–Crippen LogP) is 2.35. The number of alkyl carbamates (subject to hydrolysis) is 1. The zero-order chi connectivity index (χ0) is 19.7. The van der Waals surface area contributed by atoms with Gasteiger partial charge in [0, 0.05) is 0 Å². The van der Waals surface area contributed by atoms with Gasteiger partial charge in [-0.3, -0.25) is 10.1 Å². The summed E-state index contributed by atoms with van der Waals surface area (Å²) in [5, 5.41) is 22.5. The fourth-order valence-electron chi connectivity index (χ4n) is 2.18. The lowest BCUT2D eigenvalue weighted by Crippen LogP contribution is -2.42. The van der Waals surface area contributed by atoms with Gasteiger partial charge in [-0.2, -0.15) is 0 Å². The molecule has 0 aliphatic heterocycles. The fourth-order valence-corrected chi connectivity index (χ4v) is 2.18. The molecule has 0 bridgehead atoms. The Morgan fingerprint density at radius 3 is 2.42 bits per heavy atom. The first-order valence-electron chi connectivity index (χ1n) is 7.89.